The van der Waals surface area contributed by atoms with Gasteiger partial charge in [-0.1, -0.05) is 23.7 Å². The number of aromatic nitrogens is 2. The fourth-order valence-corrected chi connectivity index (χ4v) is 2.35. The number of aryl methyl sites for hydroxylation is 1. The Morgan fingerprint density at radius 3 is 2.64 bits per heavy atom. The predicted molar refractivity (Wildman–Crippen MR) is 88.0 cm³/mol. The van der Waals surface area contributed by atoms with E-state index in [0.717, 1.165) is 16.9 Å². The van der Waals surface area contributed by atoms with Crippen LogP contribution in [-0.4, -0.2) is 15.6 Å². The van der Waals surface area contributed by atoms with E-state index in [1.54, 1.807) is 24.3 Å². The van der Waals surface area contributed by atoms with E-state index in [9.17, 15) is 4.79 Å². The Labute approximate surface area is 132 Å². The number of imidazole rings is 1. The van der Waals surface area contributed by atoms with Crippen LogP contribution in [-0.2, 0) is 13.6 Å². The molecule has 112 valence electrons. The number of fused-ring (bicyclic) bond motifs is 1. The van der Waals surface area contributed by atoms with Gasteiger partial charge in [0.15, 0.2) is 0 Å². The summed E-state index contributed by atoms with van der Waals surface area (Å²) in [6, 6.07) is 14.5. The third kappa shape index (κ3) is 3.04. The maximum atomic E-state index is 11.9. The van der Waals surface area contributed by atoms with Crippen LogP contribution in [0, 0.1) is 0 Å². The highest BCUT2D eigenvalue weighted by Crippen LogP contribution is 2.15. The molecule has 0 aliphatic carbocycles. The first kappa shape index (κ1) is 14.4. The second-order valence-electron chi connectivity index (χ2n) is 4.89. The molecule has 0 atom stereocenters. The van der Waals surface area contributed by atoms with Gasteiger partial charge in [-0.25, -0.2) is 9.78 Å². The van der Waals surface area contributed by atoms with E-state index < -0.39 is 0 Å². The Bertz CT molecular complexity index is 811. The van der Waals surface area contributed by atoms with Crippen LogP contribution < -0.4 is 10.6 Å². The molecule has 0 aliphatic rings. The van der Waals surface area contributed by atoms with E-state index in [4.69, 9.17) is 11.6 Å². The van der Waals surface area contributed by atoms with Crippen LogP contribution in [0.2, 0.25) is 5.02 Å². The van der Waals surface area contributed by atoms with E-state index in [-0.39, 0.29) is 6.03 Å². The Kier molecular flexibility index (Phi) is 3.98. The maximum absolute atomic E-state index is 11.9. The smallest absolute Gasteiger partial charge is 0.319 e. The molecule has 0 bridgehead atoms. The molecule has 5 nitrogen and oxygen atoms in total. The molecule has 2 aromatic carbocycles. The van der Waals surface area contributed by atoms with Gasteiger partial charge in [0.1, 0.15) is 5.82 Å². The SMILES string of the molecule is Cn1c(CNC(=O)Nc2ccc(Cl)cc2)nc2ccccc21. The Balaban J connectivity index is 1.64. The van der Waals surface area contributed by atoms with Gasteiger partial charge in [0, 0.05) is 17.8 Å². The number of para-hydroxylation sites is 2. The Hall–Kier alpha value is -2.53. The third-order valence-corrected chi connectivity index (χ3v) is 3.64. The lowest BCUT2D eigenvalue weighted by Gasteiger charge is -2.07. The number of amides is 2. The molecule has 1 aromatic heterocycles. The molecular weight excluding hydrogens is 300 g/mol. The summed E-state index contributed by atoms with van der Waals surface area (Å²) in [4.78, 5) is 16.4. The van der Waals surface area contributed by atoms with Gasteiger partial charge < -0.3 is 15.2 Å². The zero-order chi connectivity index (χ0) is 15.5. The first-order valence-electron chi connectivity index (χ1n) is 6.84. The largest absolute Gasteiger partial charge is 0.331 e. The minimum atomic E-state index is -0.283. The fraction of sp³-hybridized carbons (Fsp3) is 0.125. The van der Waals surface area contributed by atoms with E-state index >= 15 is 0 Å². The third-order valence-electron chi connectivity index (χ3n) is 3.39. The van der Waals surface area contributed by atoms with Crippen molar-refractivity contribution in [3.63, 3.8) is 0 Å². The summed E-state index contributed by atoms with van der Waals surface area (Å²) in [7, 11) is 1.93. The number of carbonyl (C=O) groups excluding carboxylic acids is 1. The van der Waals surface area contributed by atoms with Crippen molar-refractivity contribution >= 4 is 34.4 Å². The summed E-state index contributed by atoms with van der Waals surface area (Å²) in [6.07, 6.45) is 0. The molecule has 22 heavy (non-hydrogen) atoms. The Morgan fingerprint density at radius 2 is 1.91 bits per heavy atom. The van der Waals surface area contributed by atoms with Crippen molar-refractivity contribution in [2.24, 2.45) is 7.05 Å². The molecule has 1 heterocycles. The van der Waals surface area contributed by atoms with Crippen LogP contribution in [0.5, 0.6) is 0 Å². The molecule has 0 radical (unpaired) electrons. The standard InChI is InChI=1S/C16H15ClN4O/c1-21-14-5-3-2-4-13(14)20-15(21)10-18-16(22)19-12-8-6-11(17)7-9-12/h2-9H,10H2,1H3,(H2,18,19,22). The molecule has 0 fully saturated rings. The van der Waals surface area contributed by atoms with Crippen LogP contribution in [0.15, 0.2) is 48.5 Å². The van der Waals surface area contributed by atoms with Crippen LogP contribution >= 0.6 is 11.6 Å². The lowest BCUT2D eigenvalue weighted by molar-refractivity contribution is 0.251. The summed E-state index contributed by atoms with van der Waals surface area (Å²) < 4.78 is 1.97. The topological polar surface area (TPSA) is 59.0 Å². The molecular formula is C16H15ClN4O. The highest BCUT2D eigenvalue weighted by Gasteiger charge is 2.08. The summed E-state index contributed by atoms with van der Waals surface area (Å²) in [5.74, 6) is 0.799. The molecule has 3 rings (SSSR count). The quantitative estimate of drug-likeness (QED) is 0.776. The highest BCUT2D eigenvalue weighted by molar-refractivity contribution is 6.30. The average Bonchev–Trinajstić information content (AvgIpc) is 2.84. The van der Waals surface area contributed by atoms with E-state index in [2.05, 4.69) is 15.6 Å². The van der Waals surface area contributed by atoms with Gasteiger partial charge in [0.25, 0.3) is 0 Å². The zero-order valence-corrected chi connectivity index (χ0v) is 12.8. The average molecular weight is 315 g/mol. The van der Waals surface area contributed by atoms with Crippen LogP contribution in [0.4, 0.5) is 10.5 Å². The Morgan fingerprint density at radius 1 is 1.18 bits per heavy atom. The molecule has 3 aromatic rings. The number of nitrogens with one attached hydrogen (secondary N) is 2. The van der Waals surface area contributed by atoms with Gasteiger partial charge in [-0.05, 0) is 36.4 Å². The number of hydrogen-bond donors (Lipinski definition) is 2. The molecule has 0 saturated heterocycles. The maximum Gasteiger partial charge on any atom is 0.319 e. The second kappa shape index (κ2) is 6.07. The normalized spacial score (nSPS) is 10.6. The monoisotopic (exact) mass is 314 g/mol. The summed E-state index contributed by atoms with van der Waals surface area (Å²) in [6.45, 7) is 0.352. The van der Waals surface area contributed by atoms with Crippen molar-refractivity contribution in [2.75, 3.05) is 5.32 Å². The molecule has 0 unspecified atom stereocenters. The van der Waals surface area contributed by atoms with Crippen molar-refractivity contribution in [1.29, 1.82) is 0 Å². The van der Waals surface area contributed by atoms with Crippen molar-refractivity contribution in [3.05, 3.63) is 59.4 Å². The van der Waals surface area contributed by atoms with Crippen LogP contribution in [0.25, 0.3) is 11.0 Å². The number of carbonyl (C=O) groups is 1. The van der Waals surface area contributed by atoms with Crippen molar-refractivity contribution in [3.8, 4) is 0 Å². The first-order chi connectivity index (χ1) is 10.6. The molecule has 0 aliphatic heterocycles. The number of hydrogen-bond acceptors (Lipinski definition) is 2. The summed E-state index contributed by atoms with van der Waals surface area (Å²) in [5, 5.41) is 6.17. The number of halogens is 1. The van der Waals surface area contributed by atoms with Gasteiger partial charge in [-0.15, -0.1) is 0 Å². The molecule has 6 heteroatoms. The van der Waals surface area contributed by atoms with Crippen molar-refractivity contribution in [1.82, 2.24) is 14.9 Å². The van der Waals surface area contributed by atoms with Gasteiger partial charge in [0.2, 0.25) is 0 Å². The second-order valence-corrected chi connectivity index (χ2v) is 5.33. The highest BCUT2D eigenvalue weighted by atomic mass is 35.5. The summed E-state index contributed by atoms with van der Waals surface area (Å²) >= 11 is 5.81. The predicted octanol–water partition coefficient (Wildman–Crippen LogP) is 3.55. The number of anilines is 1. The lowest BCUT2D eigenvalue weighted by Crippen LogP contribution is -2.29. The number of nitrogens with zero attached hydrogens (tertiary/aromatic N) is 2. The van der Waals surface area contributed by atoms with Crippen LogP contribution in [0.3, 0.4) is 0 Å². The lowest BCUT2D eigenvalue weighted by atomic mass is 10.3. The summed E-state index contributed by atoms with van der Waals surface area (Å²) in [5.41, 5.74) is 2.64. The first-order valence-corrected chi connectivity index (χ1v) is 7.22. The van der Waals surface area contributed by atoms with Gasteiger partial charge in [0.05, 0.1) is 17.6 Å². The number of benzene rings is 2. The molecule has 2 amide bonds. The van der Waals surface area contributed by atoms with Crippen molar-refractivity contribution < 1.29 is 4.79 Å². The molecule has 0 spiro atoms. The minimum absolute atomic E-state index is 0.283. The molecule has 0 saturated carbocycles. The van der Waals surface area contributed by atoms with Crippen LogP contribution in [0.1, 0.15) is 5.82 Å². The van der Waals surface area contributed by atoms with Crippen molar-refractivity contribution in [2.45, 2.75) is 6.54 Å². The number of rotatable bonds is 3. The molecule has 2 N–H and O–H groups in total. The number of urea groups is 1. The van der Waals surface area contributed by atoms with E-state index in [1.807, 2.05) is 35.9 Å². The van der Waals surface area contributed by atoms with Gasteiger partial charge in [-0.2, -0.15) is 0 Å². The van der Waals surface area contributed by atoms with Gasteiger partial charge >= 0.3 is 6.03 Å². The van der Waals surface area contributed by atoms with E-state index in [1.165, 1.54) is 0 Å². The van der Waals surface area contributed by atoms with E-state index in [0.29, 0.717) is 17.3 Å². The van der Waals surface area contributed by atoms with Gasteiger partial charge in [-0.3, -0.25) is 0 Å². The minimum Gasteiger partial charge on any atom is -0.331 e. The fourth-order valence-electron chi connectivity index (χ4n) is 2.22. The zero-order valence-electron chi connectivity index (χ0n) is 12.0.